The normalized spacial score (nSPS) is 18.0. The molecule has 18 heavy (non-hydrogen) atoms. The van der Waals surface area contributed by atoms with Crippen LogP contribution in [-0.4, -0.2) is 10.1 Å². The molecule has 0 radical (unpaired) electrons. The number of fused-ring (bicyclic) bond motifs is 1. The first-order valence-electron chi connectivity index (χ1n) is 5.75. The quantitative estimate of drug-likeness (QED) is 0.816. The van der Waals surface area contributed by atoms with Gasteiger partial charge in [0.25, 0.3) is 0 Å². The van der Waals surface area contributed by atoms with Crippen molar-refractivity contribution in [1.29, 1.82) is 0 Å². The van der Waals surface area contributed by atoms with E-state index in [1.165, 1.54) is 11.1 Å². The van der Waals surface area contributed by atoms with Crippen molar-refractivity contribution in [2.24, 2.45) is 0 Å². The SMILES string of the molecule is Cc1c(-c2noc(=O)[nH]2)ccc2c1CC[C@@H]2NCl. The van der Waals surface area contributed by atoms with Crippen LogP contribution in [0.2, 0.25) is 0 Å². The first-order chi connectivity index (χ1) is 8.70. The third-order valence-electron chi connectivity index (χ3n) is 3.52. The third kappa shape index (κ3) is 1.67. The van der Waals surface area contributed by atoms with Gasteiger partial charge in [0, 0.05) is 11.6 Å². The van der Waals surface area contributed by atoms with E-state index in [9.17, 15) is 4.79 Å². The summed E-state index contributed by atoms with van der Waals surface area (Å²) in [7, 11) is 0. The van der Waals surface area contributed by atoms with Gasteiger partial charge in [0.1, 0.15) is 0 Å². The van der Waals surface area contributed by atoms with Gasteiger partial charge in [0.2, 0.25) is 0 Å². The summed E-state index contributed by atoms with van der Waals surface area (Å²) in [5, 5.41) is 3.73. The average molecular weight is 266 g/mol. The number of benzene rings is 1. The highest BCUT2D eigenvalue weighted by Gasteiger charge is 2.25. The van der Waals surface area contributed by atoms with Crippen molar-refractivity contribution in [2.75, 3.05) is 0 Å². The van der Waals surface area contributed by atoms with Gasteiger partial charge in [-0.3, -0.25) is 9.51 Å². The molecular weight excluding hydrogens is 254 g/mol. The average Bonchev–Trinajstić information content (AvgIpc) is 2.96. The van der Waals surface area contributed by atoms with E-state index in [0.29, 0.717) is 5.82 Å². The van der Waals surface area contributed by atoms with Crippen LogP contribution in [0.15, 0.2) is 21.5 Å². The molecule has 2 aromatic rings. The van der Waals surface area contributed by atoms with E-state index in [1.807, 2.05) is 19.1 Å². The number of hydrogen-bond donors (Lipinski definition) is 2. The lowest BCUT2D eigenvalue weighted by Crippen LogP contribution is -2.07. The largest absolute Gasteiger partial charge is 0.439 e. The maximum absolute atomic E-state index is 11.0. The molecule has 0 bridgehead atoms. The third-order valence-corrected chi connectivity index (χ3v) is 3.78. The van der Waals surface area contributed by atoms with E-state index >= 15 is 0 Å². The molecule has 3 rings (SSSR count). The first-order valence-corrected chi connectivity index (χ1v) is 6.13. The maximum atomic E-state index is 11.0. The fourth-order valence-electron chi connectivity index (χ4n) is 2.60. The molecule has 0 unspecified atom stereocenters. The lowest BCUT2D eigenvalue weighted by Gasteiger charge is -2.11. The Kier molecular flexibility index (Phi) is 2.72. The van der Waals surface area contributed by atoms with Gasteiger partial charge in [-0.25, -0.2) is 9.63 Å². The van der Waals surface area contributed by atoms with E-state index in [1.54, 1.807) is 0 Å². The van der Waals surface area contributed by atoms with Crippen molar-refractivity contribution < 1.29 is 4.52 Å². The minimum atomic E-state index is -0.537. The fraction of sp³-hybridized carbons (Fsp3) is 0.333. The Bertz CT molecular complexity index is 647. The van der Waals surface area contributed by atoms with E-state index in [-0.39, 0.29) is 6.04 Å². The first kappa shape index (κ1) is 11.5. The van der Waals surface area contributed by atoms with E-state index in [4.69, 9.17) is 11.8 Å². The molecule has 1 aromatic heterocycles. The van der Waals surface area contributed by atoms with Crippen LogP contribution >= 0.6 is 11.8 Å². The van der Waals surface area contributed by atoms with Gasteiger partial charge in [-0.05, 0) is 48.2 Å². The zero-order chi connectivity index (χ0) is 12.7. The Labute approximate surface area is 108 Å². The lowest BCUT2D eigenvalue weighted by molar-refractivity contribution is 0.388. The standard InChI is InChI=1S/C12H12ClN3O2/c1-6-7-4-5-10(15-13)9(7)3-2-8(6)11-14-12(17)18-16-11/h2-3,10,15H,4-5H2,1H3,(H,14,16,17)/t10-/m0/s1. The highest BCUT2D eigenvalue weighted by molar-refractivity contribution is 6.13. The zero-order valence-corrected chi connectivity index (χ0v) is 10.5. The van der Waals surface area contributed by atoms with Crippen LogP contribution in [0.25, 0.3) is 11.4 Å². The van der Waals surface area contributed by atoms with Gasteiger partial charge in [-0.2, -0.15) is 0 Å². The summed E-state index contributed by atoms with van der Waals surface area (Å²) in [5.41, 5.74) is 4.51. The summed E-state index contributed by atoms with van der Waals surface area (Å²) in [5.74, 6) is -0.0622. The Morgan fingerprint density at radius 1 is 1.56 bits per heavy atom. The maximum Gasteiger partial charge on any atom is 0.439 e. The summed E-state index contributed by atoms with van der Waals surface area (Å²) in [6, 6.07) is 4.16. The summed E-state index contributed by atoms with van der Waals surface area (Å²) in [4.78, 5) is 16.4. The van der Waals surface area contributed by atoms with Gasteiger partial charge in [0.15, 0.2) is 5.82 Å². The second-order valence-electron chi connectivity index (χ2n) is 4.45. The molecule has 0 saturated heterocycles. The van der Waals surface area contributed by atoms with Crippen LogP contribution in [0, 0.1) is 6.92 Å². The molecule has 0 saturated carbocycles. The van der Waals surface area contributed by atoms with E-state index < -0.39 is 5.76 Å². The number of rotatable bonds is 2. The van der Waals surface area contributed by atoms with E-state index in [0.717, 1.165) is 24.0 Å². The molecule has 2 N–H and O–H groups in total. The predicted molar refractivity (Wildman–Crippen MR) is 67.3 cm³/mol. The van der Waals surface area contributed by atoms with Crippen LogP contribution in [0.4, 0.5) is 0 Å². The van der Waals surface area contributed by atoms with Gasteiger partial charge in [-0.15, -0.1) is 0 Å². The number of aromatic amines is 1. The van der Waals surface area contributed by atoms with Crippen molar-refractivity contribution in [1.82, 2.24) is 15.0 Å². The number of H-pyrrole nitrogens is 1. The topological polar surface area (TPSA) is 70.9 Å². The van der Waals surface area contributed by atoms with Gasteiger partial charge < -0.3 is 0 Å². The number of hydrogen-bond acceptors (Lipinski definition) is 4. The molecule has 0 amide bonds. The van der Waals surface area contributed by atoms with Crippen LogP contribution in [0.5, 0.6) is 0 Å². The molecule has 0 fully saturated rings. The number of aromatic nitrogens is 2. The van der Waals surface area contributed by atoms with Crippen LogP contribution < -0.4 is 10.6 Å². The molecule has 0 spiro atoms. The van der Waals surface area contributed by atoms with Crippen molar-refractivity contribution in [3.05, 3.63) is 39.4 Å². The minimum Gasteiger partial charge on any atom is -0.296 e. The Hall–Kier alpha value is -1.59. The Morgan fingerprint density at radius 3 is 3.06 bits per heavy atom. The van der Waals surface area contributed by atoms with Crippen LogP contribution in [0.3, 0.4) is 0 Å². The highest BCUT2D eigenvalue weighted by atomic mass is 35.5. The number of halogens is 1. The fourth-order valence-corrected chi connectivity index (χ4v) is 2.82. The zero-order valence-electron chi connectivity index (χ0n) is 9.79. The summed E-state index contributed by atoms with van der Waals surface area (Å²) < 4.78 is 4.54. The minimum absolute atomic E-state index is 0.200. The molecule has 1 aliphatic carbocycles. The summed E-state index contributed by atoms with van der Waals surface area (Å²) in [6.45, 7) is 2.03. The van der Waals surface area contributed by atoms with Crippen molar-refractivity contribution in [2.45, 2.75) is 25.8 Å². The molecule has 94 valence electrons. The molecule has 6 heteroatoms. The molecule has 1 aliphatic rings. The van der Waals surface area contributed by atoms with Crippen molar-refractivity contribution in [3.8, 4) is 11.4 Å². The van der Waals surface area contributed by atoms with Gasteiger partial charge in [0.05, 0.1) is 0 Å². The van der Waals surface area contributed by atoms with Gasteiger partial charge in [-0.1, -0.05) is 17.3 Å². The predicted octanol–water partition coefficient (Wildman–Crippen LogP) is 2.07. The highest BCUT2D eigenvalue weighted by Crippen LogP contribution is 2.36. The van der Waals surface area contributed by atoms with Crippen molar-refractivity contribution in [3.63, 3.8) is 0 Å². The molecular formula is C12H12ClN3O2. The van der Waals surface area contributed by atoms with Gasteiger partial charge >= 0.3 is 5.76 Å². The number of nitrogens with zero attached hydrogens (tertiary/aromatic N) is 1. The van der Waals surface area contributed by atoms with Crippen molar-refractivity contribution >= 4 is 11.8 Å². The number of nitrogens with one attached hydrogen (secondary N) is 2. The summed E-state index contributed by atoms with van der Waals surface area (Å²) in [6.07, 6.45) is 1.96. The molecule has 1 aromatic carbocycles. The molecule has 0 aliphatic heterocycles. The molecule has 1 atom stereocenters. The summed E-state index contributed by atoms with van der Waals surface area (Å²) >= 11 is 5.72. The van der Waals surface area contributed by atoms with E-state index in [2.05, 4.69) is 19.5 Å². The monoisotopic (exact) mass is 265 g/mol. The van der Waals surface area contributed by atoms with Crippen LogP contribution in [-0.2, 0) is 6.42 Å². The molecule has 1 heterocycles. The Morgan fingerprint density at radius 2 is 2.39 bits per heavy atom. The lowest BCUT2D eigenvalue weighted by atomic mass is 9.98. The Balaban J connectivity index is 2.12. The second kappa shape index (κ2) is 4.26. The van der Waals surface area contributed by atoms with Crippen LogP contribution in [0.1, 0.15) is 29.2 Å². The molecule has 5 nitrogen and oxygen atoms in total. The second-order valence-corrected chi connectivity index (χ2v) is 4.67. The smallest absolute Gasteiger partial charge is 0.296 e.